The summed E-state index contributed by atoms with van der Waals surface area (Å²) in [7, 11) is 1.43. The highest BCUT2D eigenvalue weighted by molar-refractivity contribution is 7.71. The van der Waals surface area contributed by atoms with Gasteiger partial charge in [0, 0.05) is 18.1 Å². The first kappa shape index (κ1) is 21.2. The molecule has 0 spiro atoms. The van der Waals surface area contributed by atoms with Crippen LogP contribution in [0, 0.1) is 21.8 Å². The van der Waals surface area contributed by atoms with Gasteiger partial charge in [0.05, 0.1) is 18.2 Å². The van der Waals surface area contributed by atoms with Crippen LogP contribution in [0.4, 0.5) is 5.69 Å². The van der Waals surface area contributed by atoms with Crippen molar-refractivity contribution in [3.05, 3.63) is 73.8 Å². The lowest BCUT2D eigenvalue weighted by molar-refractivity contribution is -0.386. The predicted molar refractivity (Wildman–Crippen MR) is 115 cm³/mol. The van der Waals surface area contributed by atoms with Gasteiger partial charge < -0.3 is 9.47 Å². The molecule has 0 aliphatic rings. The van der Waals surface area contributed by atoms with Crippen LogP contribution in [0.2, 0.25) is 0 Å². The summed E-state index contributed by atoms with van der Waals surface area (Å²) in [6, 6.07) is 10.7. The fourth-order valence-electron chi connectivity index (χ4n) is 2.83. The molecule has 2 aromatic carbocycles. The number of nitro groups is 1. The summed E-state index contributed by atoms with van der Waals surface area (Å²) in [5.74, 6) is 0.957. The topological polar surface area (TPSA) is 108 Å². The first-order valence-corrected chi connectivity index (χ1v) is 9.59. The number of ether oxygens (including phenoxy) is 2. The summed E-state index contributed by atoms with van der Waals surface area (Å²) >= 11 is 5.16. The molecule has 0 aliphatic carbocycles. The SMILES string of the molecule is CCc1n[nH]c(=S)n1/N=C\c1cc(OC)c(OCc2ccccc2C)c([N+](=O)[O-])c1. The van der Waals surface area contributed by atoms with Gasteiger partial charge in [-0.25, -0.2) is 0 Å². The zero-order valence-corrected chi connectivity index (χ0v) is 17.6. The number of nitrogens with zero attached hydrogens (tertiary/aromatic N) is 4. The zero-order valence-electron chi connectivity index (χ0n) is 16.8. The van der Waals surface area contributed by atoms with E-state index in [9.17, 15) is 10.1 Å². The lowest BCUT2D eigenvalue weighted by Gasteiger charge is -2.13. The third-order valence-electron chi connectivity index (χ3n) is 4.46. The number of aromatic amines is 1. The number of rotatable bonds is 8. The van der Waals surface area contributed by atoms with Crippen LogP contribution in [-0.4, -0.2) is 33.1 Å². The van der Waals surface area contributed by atoms with Crippen molar-refractivity contribution in [2.75, 3.05) is 7.11 Å². The summed E-state index contributed by atoms with van der Waals surface area (Å²) in [5, 5.41) is 22.7. The molecule has 0 radical (unpaired) electrons. The molecule has 9 nitrogen and oxygen atoms in total. The van der Waals surface area contributed by atoms with Crippen molar-refractivity contribution < 1.29 is 14.4 Å². The van der Waals surface area contributed by atoms with Gasteiger partial charge in [-0.2, -0.15) is 14.9 Å². The smallest absolute Gasteiger partial charge is 0.315 e. The molecule has 0 saturated heterocycles. The normalized spacial score (nSPS) is 11.0. The van der Waals surface area contributed by atoms with E-state index < -0.39 is 4.92 Å². The Morgan fingerprint density at radius 3 is 2.80 bits per heavy atom. The molecule has 156 valence electrons. The minimum Gasteiger partial charge on any atom is -0.493 e. The van der Waals surface area contributed by atoms with Gasteiger partial charge in [0.1, 0.15) is 6.61 Å². The van der Waals surface area contributed by atoms with Crippen molar-refractivity contribution >= 4 is 24.1 Å². The Hall–Kier alpha value is -3.53. The Balaban J connectivity index is 1.96. The molecule has 0 saturated carbocycles. The van der Waals surface area contributed by atoms with Crippen LogP contribution in [0.5, 0.6) is 11.5 Å². The molecule has 1 heterocycles. The fourth-order valence-corrected chi connectivity index (χ4v) is 3.03. The highest BCUT2D eigenvalue weighted by Gasteiger charge is 2.22. The number of methoxy groups -OCH3 is 1. The molecule has 1 N–H and O–H groups in total. The molecule has 30 heavy (non-hydrogen) atoms. The summed E-state index contributed by atoms with van der Waals surface area (Å²) in [6.45, 7) is 4.06. The van der Waals surface area contributed by atoms with Crippen molar-refractivity contribution in [1.29, 1.82) is 0 Å². The Morgan fingerprint density at radius 2 is 2.13 bits per heavy atom. The Morgan fingerprint density at radius 1 is 1.37 bits per heavy atom. The van der Waals surface area contributed by atoms with Gasteiger partial charge in [-0.15, -0.1) is 0 Å². The molecular formula is C20H21N5O4S. The van der Waals surface area contributed by atoms with E-state index in [1.165, 1.54) is 24.1 Å². The quantitative estimate of drug-likeness (QED) is 0.250. The number of nitrogens with one attached hydrogen (secondary N) is 1. The number of aryl methyl sites for hydroxylation is 2. The van der Waals surface area contributed by atoms with E-state index in [4.69, 9.17) is 21.7 Å². The van der Waals surface area contributed by atoms with Crippen LogP contribution in [0.25, 0.3) is 0 Å². The van der Waals surface area contributed by atoms with Crippen molar-refractivity contribution in [3.8, 4) is 11.5 Å². The maximum absolute atomic E-state index is 11.7. The van der Waals surface area contributed by atoms with Gasteiger partial charge in [-0.1, -0.05) is 31.2 Å². The third-order valence-corrected chi connectivity index (χ3v) is 4.73. The predicted octanol–water partition coefficient (Wildman–Crippen LogP) is 4.19. The van der Waals surface area contributed by atoms with E-state index in [-0.39, 0.29) is 23.8 Å². The molecule has 0 bridgehead atoms. The second kappa shape index (κ2) is 9.31. The van der Waals surface area contributed by atoms with E-state index in [1.807, 2.05) is 38.1 Å². The van der Waals surface area contributed by atoms with E-state index in [1.54, 1.807) is 6.07 Å². The number of hydrogen-bond donors (Lipinski definition) is 1. The summed E-state index contributed by atoms with van der Waals surface area (Å²) in [5.41, 5.74) is 2.22. The van der Waals surface area contributed by atoms with E-state index >= 15 is 0 Å². The highest BCUT2D eigenvalue weighted by atomic mass is 32.1. The zero-order chi connectivity index (χ0) is 21.7. The molecule has 3 aromatic rings. The summed E-state index contributed by atoms with van der Waals surface area (Å²) in [6.07, 6.45) is 2.09. The Labute approximate surface area is 178 Å². The van der Waals surface area contributed by atoms with Gasteiger partial charge >= 0.3 is 5.69 Å². The Bertz CT molecular complexity index is 1150. The molecule has 0 fully saturated rings. The van der Waals surface area contributed by atoms with Crippen LogP contribution in [0.3, 0.4) is 0 Å². The second-order valence-corrected chi connectivity index (χ2v) is 6.79. The van der Waals surface area contributed by atoms with Gasteiger partial charge in [0.25, 0.3) is 0 Å². The first-order valence-electron chi connectivity index (χ1n) is 9.19. The molecule has 3 rings (SSSR count). The molecule has 0 amide bonds. The van der Waals surface area contributed by atoms with Crippen molar-refractivity contribution in [3.63, 3.8) is 0 Å². The van der Waals surface area contributed by atoms with Crippen molar-refractivity contribution in [2.24, 2.45) is 5.10 Å². The average molecular weight is 427 g/mol. The van der Waals surface area contributed by atoms with Crippen LogP contribution < -0.4 is 9.47 Å². The number of nitro benzene ring substituents is 1. The lowest BCUT2D eigenvalue weighted by atomic mass is 10.1. The van der Waals surface area contributed by atoms with E-state index in [0.717, 1.165) is 11.1 Å². The second-order valence-electron chi connectivity index (χ2n) is 6.40. The molecule has 0 atom stereocenters. The lowest BCUT2D eigenvalue weighted by Crippen LogP contribution is -2.04. The van der Waals surface area contributed by atoms with Gasteiger partial charge in [0.2, 0.25) is 10.5 Å². The monoisotopic (exact) mass is 427 g/mol. The maximum Gasteiger partial charge on any atom is 0.315 e. The first-order chi connectivity index (χ1) is 14.4. The maximum atomic E-state index is 11.7. The van der Waals surface area contributed by atoms with Crippen LogP contribution in [0.15, 0.2) is 41.5 Å². The third kappa shape index (κ3) is 4.54. The number of benzene rings is 2. The molecule has 10 heteroatoms. The van der Waals surface area contributed by atoms with Gasteiger partial charge in [-0.05, 0) is 36.3 Å². The Kier molecular flexibility index (Phi) is 6.58. The molecule has 0 unspecified atom stereocenters. The molecule has 0 aliphatic heterocycles. The highest BCUT2D eigenvalue weighted by Crippen LogP contribution is 2.38. The van der Waals surface area contributed by atoms with Crippen LogP contribution in [0.1, 0.15) is 29.4 Å². The standard InChI is InChI=1S/C20H21N5O4S/c1-4-18-22-23-20(30)24(18)21-11-14-9-16(25(26)27)19(17(10-14)28-3)29-12-15-8-6-5-7-13(15)2/h5-11H,4,12H2,1-3H3,(H,23,30)/b21-11-. The number of aromatic nitrogens is 3. The fraction of sp³-hybridized carbons (Fsp3) is 0.250. The van der Waals surface area contributed by atoms with Crippen LogP contribution in [-0.2, 0) is 13.0 Å². The average Bonchev–Trinajstić information content (AvgIpc) is 3.10. The summed E-state index contributed by atoms with van der Waals surface area (Å²) in [4.78, 5) is 11.2. The summed E-state index contributed by atoms with van der Waals surface area (Å²) < 4.78 is 13.0. The molecule has 1 aromatic heterocycles. The largest absolute Gasteiger partial charge is 0.493 e. The molecular weight excluding hydrogens is 406 g/mol. The number of hydrogen-bond acceptors (Lipinski definition) is 7. The van der Waals surface area contributed by atoms with Crippen molar-refractivity contribution in [2.45, 2.75) is 26.9 Å². The minimum absolute atomic E-state index is 0.0667. The number of H-pyrrole nitrogens is 1. The van der Waals surface area contributed by atoms with Gasteiger partial charge in [-0.3, -0.25) is 15.2 Å². The van der Waals surface area contributed by atoms with Gasteiger partial charge in [0.15, 0.2) is 11.6 Å². The van der Waals surface area contributed by atoms with E-state index in [2.05, 4.69) is 15.3 Å². The van der Waals surface area contributed by atoms with Crippen molar-refractivity contribution in [1.82, 2.24) is 14.9 Å². The minimum atomic E-state index is -0.506. The van der Waals surface area contributed by atoms with Crippen LogP contribution >= 0.6 is 12.2 Å². The van der Waals surface area contributed by atoms with E-state index in [0.29, 0.717) is 22.6 Å².